The van der Waals surface area contributed by atoms with Crippen LogP contribution in [0.5, 0.6) is 0 Å². The van der Waals surface area contributed by atoms with Gasteiger partial charge in [-0.05, 0) is 6.92 Å². The van der Waals surface area contributed by atoms with Gasteiger partial charge < -0.3 is 5.32 Å². The first-order valence-corrected chi connectivity index (χ1v) is 3.71. The molecule has 1 rings (SSSR count). The Morgan fingerprint density at radius 3 is 2.55 bits per heavy atom. The van der Waals surface area contributed by atoms with Crippen molar-refractivity contribution in [3.8, 4) is 0 Å². The van der Waals surface area contributed by atoms with Crippen molar-refractivity contribution in [2.24, 2.45) is 5.92 Å². The van der Waals surface area contributed by atoms with E-state index in [-0.39, 0.29) is 18.7 Å². The average molecular weight is 163 g/mol. The summed E-state index contributed by atoms with van der Waals surface area (Å²) in [5.74, 6) is -3.28. The number of alkyl halides is 2. The van der Waals surface area contributed by atoms with E-state index in [2.05, 4.69) is 5.32 Å². The van der Waals surface area contributed by atoms with E-state index in [9.17, 15) is 13.6 Å². The highest BCUT2D eigenvalue weighted by Crippen LogP contribution is 2.42. The SMILES string of the molecule is CCNC(=O)C1CC(F)(F)C1. The van der Waals surface area contributed by atoms with Gasteiger partial charge in [0.2, 0.25) is 11.8 Å². The van der Waals surface area contributed by atoms with Crippen molar-refractivity contribution in [2.75, 3.05) is 6.54 Å². The fraction of sp³-hybridized carbons (Fsp3) is 0.857. The molecule has 0 aromatic rings. The van der Waals surface area contributed by atoms with E-state index in [1.54, 1.807) is 6.92 Å². The van der Waals surface area contributed by atoms with Gasteiger partial charge in [-0.2, -0.15) is 0 Å². The molecule has 0 atom stereocenters. The normalized spacial score (nSPS) is 22.5. The molecule has 0 radical (unpaired) electrons. The van der Waals surface area contributed by atoms with Crippen LogP contribution in [0, 0.1) is 5.92 Å². The number of amides is 1. The second-order valence-electron chi connectivity index (χ2n) is 2.86. The molecule has 4 heteroatoms. The second-order valence-corrected chi connectivity index (χ2v) is 2.86. The highest BCUT2D eigenvalue weighted by Gasteiger charge is 2.48. The largest absolute Gasteiger partial charge is 0.356 e. The molecule has 0 aromatic heterocycles. The van der Waals surface area contributed by atoms with E-state index in [1.165, 1.54) is 0 Å². The molecule has 64 valence electrons. The van der Waals surface area contributed by atoms with Crippen molar-refractivity contribution in [1.82, 2.24) is 5.32 Å². The summed E-state index contributed by atoms with van der Waals surface area (Å²) in [6.45, 7) is 2.29. The van der Waals surface area contributed by atoms with Crippen molar-refractivity contribution in [1.29, 1.82) is 0 Å². The molecule has 1 amide bonds. The van der Waals surface area contributed by atoms with Crippen LogP contribution < -0.4 is 5.32 Å². The van der Waals surface area contributed by atoms with Crippen LogP contribution in [-0.2, 0) is 4.79 Å². The van der Waals surface area contributed by atoms with Gasteiger partial charge in [-0.3, -0.25) is 4.79 Å². The highest BCUT2D eigenvalue weighted by atomic mass is 19.3. The lowest BCUT2D eigenvalue weighted by atomic mass is 9.81. The van der Waals surface area contributed by atoms with Crippen LogP contribution in [0.1, 0.15) is 19.8 Å². The average Bonchev–Trinajstić information content (AvgIpc) is 1.83. The molecular weight excluding hydrogens is 152 g/mol. The molecule has 0 heterocycles. The summed E-state index contributed by atoms with van der Waals surface area (Å²) in [4.78, 5) is 10.9. The standard InChI is InChI=1S/C7H11F2NO/c1-2-10-6(11)5-3-7(8,9)4-5/h5H,2-4H2,1H3,(H,10,11). The van der Waals surface area contributed by atoms with E-state index in [4.69, 9.17) is 0 Å². The summed E-state index contributed by atoms with van der Waals surface area (Å²) in [5.41, 5.74) is 0. The van der Waals surface area contributed by atoms with Gasteiger partial charge in [0.25, 0.3) is 0 Å². The molecular formula is C7H11F2NO. The lowest BCUT2D eigenvalue weighted by molar-refractivity contribution is -0.150. The number of carbonyl (C=O) groups is 1. The third kappa shape index (κ3) is 1.88. The van der Waals surface area contributed by atoms with E-state index in [0.29, 0.717) is 6.54 Å². The van der Waals surface area contributed by atoms with Gasteiger partial charge >= 0.3 is 0 Å². The van der Waals surface area contributed by atoms with E-state index < -0.39 is 11.8 Å². The Morgan fingerprint density at radius 2 is 2.18 bits per heavy atom. The maximum Gasteiger partial charge on any atom is 0.249 e. The molecule has 1 aliphatic carbocycles. The number of rotatable bonds is 2. The maximum absolute atomic E-state index is 12.2. The molecule has 0 aliphatic heterocycles. The number of nitrogens with one attached hydrogen (secondary N) is 1. The van der Waals surface area contributed by atoms with Gasteiger partial charge in [-0.25, -0.2) is 8.78 Å². The molecule has 0 aromatic carbocycles. The zero-order valence-corrected chi connectivity index (χ0v) is 6.36. The fourth-order valence-corrected chi connectivity index (χ4v) is 1.17. The quantitative estimate of drug-likeness (QED) is 0.650. The van der Waals surface area contributed by atoms with Crippen LogP contribution in [0.15, 0.2) is 0 Å². The van der Waals surface area contributed by atoms with Crippen LogP contribution >= 0.6 is 0 Å². The van der Waals surface area contributed by atoms with Gasteiger partial charge in [0.1, 0.15) is 0 Å². The van der Waals surface area contributed by atoms with Gasteiger partial charge in [-0.1, -0.05) is 0 Å². The predicted molar refractivity (Wildman–Crippen MR) is 36.4 cm³/mol. The minimum absolute atomic E-state index is 0.238. The lowest BCUT2D eigenvalue weighted by Crippen LogP contribution is -2.44. The van der Waals surface area contributed by atoms with E-state index in [1.807, 2.05) is 0 Å². The Kier molecular flexibility index (Phi) is 2.11. The Balaban J connectivity index is 2.27. The Labute approximate surface area is 64.0 Å². The molecule has 0 saturated heterocycles. The Bertz CT molecular complexity index is 162. The summed E-state index contributed by atoms with van der Waals surface area (Å²) in [6.07, 6.45) is -0.558. The first-order chi connectivity index (χ1) is 5.05. The molecule has 11 heavy (non-hydrogen) atoms. The van der Waals surface area contributed by atoms with Crippen LogP contribution in [0.25, 0.3) is 0 Å². The lowest BCUT2D eigenvalue weighted by Gasteiger charge is -2.33. The topological polar surface area (TPSA) is 29.1 Å². The number of hydrogen-bond donors (Lipinski definition) is 1. The van der Waals surface area contributed by atoms with Gasteiger partial charge in [0.15, 0.2) is 0 Å². The van der Waals surface area contributed by atoms with Crippen molar-refractivity contribution >= 4 is 5.91 Å². The monoisotopic (exact) mass is 163 g/mol. The number of halogens is 2. The molecule has 1 saturated carbocycles. The summed E-state index contributed by atoms with van der Waals surface area (Å²) >= 11 is 0. The minimum Gasteiger partial charge on any atom is -0.356 e. The summed E-state index contributed by atoms with van der Waals surface area (Å²) < 4.78 is 24.4. The number of carbonyl (C=O) groups excluding carboxylic acids is 1. The third-order valence-electron chi connectivity index (χ3n) is 1.81. The van der Waals surface area contributed by atoms with E-state index in [0.717, 1.165) is 0 Å². The molecule has 1 aliphatic rings. The molecule has 1 fully saturated rings. The first-order valence-electron chi connectivity index (χ1n) is 3.71. The predicted octanol–water partition coefficient (Wildman–Crippen LogP) is 1.17. The van der Waals surface area contributed by atoms with Crippen LogP contribution in [0.2, 0.25) is 0 Å². The van der Waals surface area contributed by atoms with Crippen molar-refractivity contribution in [2.45, 2.75) is 25.7 Å². The zero-order chi connectivity index (χ0) is 8.48. The highest BCUT2D eigenvalue weighted by molar-refractivity contribution is 5.79. The summed E-state index contributed by atoms with van der Waals surface area (Å²) in [5, 5.41) is 2.51. The first kappa shape index (κ1) is 8.43. The Morgan fingerprint density at radius 1 is 1.64 bits per heavy atom. The maximum atomic E-state index is 12.2. The molecule has 2 nitrogen and oxygen atoms in total. The minimum atomic E-state index is -2.59. The Hall–Kier alpha value is -0.670. The summed E-state index contributed by atoms with van der Waals surface area (Å²) in [7, 11) is 0. The molecule has 0 unspecified atom stereocenters. The van der Waals surface area contributed by atoms with Crippen LogP contribution in [0.3, 0.4) is 0 Å². The van der Waals surface area contributed by atoms with Crippen LogP contribution in [0.4, 0.5) is 8.78 Å². The molecule has 0 bridgehead atoms. The molecule has 1 N–H and O–H groups in total. The van der Waals surface area contributed by atoms with Crippen molar-refractivity contribution in [3.63, 3.8) is 0 Å². The smallest absolute Gasteiger partial charge is 0.249 e. The van der Waals surface area contributed by atoms with Crippen LogP contribution in [-0.4, -0.2) is 18.4 Å². The van der Waals surface area contributed by atoms with Crippen molar-refractivity contribution in [3.05, 3.63) is 0 Å². The van der Waals surface area contributed by atoms with Gasteiger partial charge in [0, 0.05) is 25.3 Å². The van der Waals surface area contributed by atoms with E-state index >= 15 is 0 Å². The zero-order valence-electron chi connectivity index (χ0n) is 6.36. The molecule has 0 spiro atoms. The summed E-state index contributed by atoms with van der Waals surface area (Å²) in [6, 6.07) is 0. The van der Waals surface area contributed by atoms with Gasteiger partial charge in [0.05, 0.1) is 0 Å². The van der Waals surface area contributed by atoms with Gasteiger partial charge in [-0.15, -0.1) is 0 Å². The third-order valence-corrected chi connectivity index (χ3v) is 1.81. The number of hydrogen-bond acceptors (Lipinski definition) is 1. The van der Waals surface area contributed by atoms with Crippen molar-refractivity contribution < 1.29 is 13.6 Å². The second kappa shape index (κ2) is 2.75. The fourth-order valence-electron chi connectivity index (χ4n) is 1.17.